The molecule has 0 spiro atoms. The zero-order valence-corrected chi connectivity index (χ0v) is 16.1. The normalized spacial score (nSPS) is 21.0. The van der Waals surface area contributed by atoms with E-state index in [0.29, 0.717) is 11.8 Å². The molecule has 2 heterocycles. The second-order valence-electron chi connectivity index (χ2n) is 6.55. The molecule has 0 radical (unpaired) electrons. The molecule has 2 aromatic rings. The van der Waals surface area contributed by atoms with E-state index >= 15 is 0 Å². The number of hydrogen-bond donors (Lipinski definition) is 0. The van der Waals surface area contributed by atoms with Crippen LogP contribution in [0.3, 0.4) is 0 Å². The summed E-state index contributed by atoms with van der Waals surface area (Å²) in [5.74, 6) is 2.25. The molecular formula is C17H24N4OS2. The summed E-state index contributed by atoms with van der Waals surface area (Å²) in [6, 6.07) is 4.44. The fourth-order valence-electron chi connectivity index (χ4n) is 3.12. The van der Waals surface area contributed by atoms with E-state index in [4.69, 9.17) is 0 Å². The van der Waals surface area contributed by atoms with Crippen molar-refractivity contribution in [1.82, 2.24) is 19.7 Å². The van der Waals surface area contributed by atoms with E-state index < -0.39 is 0 Å². The van der Waals surface area contributed by atoms with Gasteiger partial charge in [-0.1, -0.05) is 24.8 Å². The van der Waals surface area contributed by atoms with Crippen molar-refractivity contribution in [3.8, 4) is 10.7 Å². The van der Waals surface area contributed by atoms with Crippen LogP contribution < -0.4 is 0 Å². The van der Waals surface area contributed by atoms with Gasteiger partial charge in [-0.3, -0.25) is 4.79 Å². The molecular weight excluding hydrogens is 340 g/mol. The average Bonchev–Trinajstić information content (AvgIpc) is 3.22. The monoisotopic (exact) mass is 364 g/mol. The molecule has 2 aromatic heterocycles. The molecule has 5 nitrogen and oxygen atoms in total. The zero-order valence-electron chi connectivity index (χ0n) is 14.4. The van der Waals surface area contributed by atoms with Crippen molar-refractivity contribution in [2.45, 2.75) is 43.8 Å². The molecule has 0 bridgehead atoms. The predicted octanol–water partition coefficient (Wildman–Crippen LogP) is 3.67. The number of thiophene rings is 1. The molecule has 0 unspecified atom stereocenters. The molecule has 1 aliphatic carbocycles. The van der Waals surface area contributed by atoms with Gasteiger partial charge in [0.05, 0.1) is 10.6 Å². The Balaban J connectivity index is 1.56. The highest BCUT2D eigenvalue weighted by atomic mass is 32.2. The van der Waals surface area contributed by atoms with Crippen LogP contribution in [-0.2, 0) is 11.8 Å². The van der Waals surface area contributed by atoms with E-state index in [0.717, 1.165) is 34.6 Å². The van der Waals surface area contributed by atoms with Crippen LogP contribution in [0.15, 0.2) is 22.7 Å². The minimum Gasteiger partial charge on any atom is -0.342 e. The molecule has 7 heteroatoms. The van der Waals surface area contributed by atoms with Crippen LogP contribution in [0.4, 0.5) is 0 Å². The Morgan fingerprint density at radius 3 is 2.79 bits per heavy atom. The third kappa shape index (κ3) is 3.83. The first-order valence-corrected chi connectivity index (χ1v) is 10.2. The van der Waals surface area contributed by atoms with Crippen LogP contribution in [0, 0.1) is 5.92 Å². The van der Waals surface area contributed by atoms with Gasteiger partial charge >= 0.3 is 0 Å². The summed E-state index contributed by atoms with van der Waals surface area (Å²) in [6.45, 7) is 2.30. The quantitative estimate of drug-likeness (QED) is 0.760. The van der Waals surface area contributed by atoms with Crippen LogP contribution >= 0.6 is 23.1 Å². The highest BCUT2D eigenvalue weighted by Crippen LogP contribution is 2.28. The van der Waals surface area contributed by atoms with Crippen LogP contribution in [0.1, 0.15) is 32.6 Å². The van der Waals surface area contributed by atoms with Crippen LogP contribution in [0.5, 0.6) is 0 Å². The summed E-state index contributed by atoms with van der Waals surface area (Å²) < 4.78 is 1.96. The summed E-state index contributed by atoms with van der Waals surface area (Å²) in [7, 11) is 3.89. The van der Waals surface area contributed by atoms with Gasteiger partial charge in [0.15, 0.2) is 11.0 Å². The average molecular weight is 365 g/mol. The lowest BCUT2D eigenvalue weighted by Crippen LogP contribution is -2.40. The number of amides is 1. The Kier molecular flexibility index (Phi) is 5.61. The number of aromatic nitrogens is 3. The minimum atomic E-state index is 0.181. The third-order valence-corrected chi connectivity index (χ3v) is 6.70. The van der Waals surface area contributed by atoms with Crippen molar-refractivity contribution < 1.29 is 4.79 Å². The summed E-state index contributed by atoms with van der Waals surface area (Å²) in [4.78, 5) is 15.5. The fourth-order valence-corrected chi connectivity index (χ4v) is 4.70. The fraction of sp³-hybridized carbons (Fsp3) is 0.588. The van der Waals surface area contributed by atoms with Crippen molar-refractivity contribution in [1.29, 1.82) is 0 Å². The van der Waals surface area contributed by atoms with E-state index in [9.17, 15) is 4.79 Å². The second kappa shape index (κ2) is 7.70. The van der Waals surface area contributed by atoms with Crippen molar-refractivity contribution in [2.75, 3.05) is 12.8 Å². The molecule has 0 aromatic carbocycles. The standard InChI is InChI=1S/C17H24N4OS2/c1-12-6-8-13(9-7-12)20(2)15(22)11-24-17-19-18-16(21(17)3)14-5-4-10-23-14/h4-5,10,12-13H,6-9,11H2,1-3H3. The number of thioether (sulfide) groups is 1. The SMILES string of the molecule is CC1CCC(N(C)C(=O)CSc2nnc(-c3cccs3)n2C)CC1. The molecule has 0 saturated heterocycles. The molecule has 1 fully saturated rings. The van der Waals surface area contributed by atoms with E-state index in [1.54, 1.807) is 11.3 Å². The Labute approximate surface area is 151 Å². The minimum absolute atomic E-state index is 0.181. The highest BCUT2D eigenvalue weighted by Gasteiger charge is 2.25. The maximum atomic E-state index is 12.5. The van der Waals surface area contributed by atoms with Crippen molar-refractivity contribution in [3.05, 3.63) is 17.5 Å². The smallest absolute Gasteiger partial charge is 0.233 e. The van der Waals surface area contributed by atoms with E-state index in [1.807, 2.05) is 41.1 Å². The zero-order chi connectivity index (χ0) is 17.1. The van der Waals surface area contributed by atoms with Gasteiger partial charge in [-0.05, 0) is 43.0 Å². The molecule has 3 rings (SSSR count). The first kappa shape index (κ1) is 17.5. The number of hydrogen-bond acceptors (Lipinski definition) is 5. The summed E-state index contributed by atoms with van der Waals surface area (Å²) in [5, 5.41) is 11.3. The first-order valence-electron chi connectivity index (χ1n) is 8.38. The third-order valence-electron chi connectivity index (χ3n) is 4.83. The maximum Gasteiger partial charge on any atom is 0.233 e. The van der Waals surface area contributed by atoms with Gasteiger partial charge in [-0.15, -0.1) is 21.5 Å². The van der Waals surface area contributed by atoms with Gasteiger partial charge in [0.2, 0.25) is 5.91 Å². The predicted molar refractivity (Wildman–Crippen MR) is 99.2 cm³/mol. The lowest BCUT2D eigenvalue weighted by atomic mass is 9.87. The van der Waals surface area contributed by atoms with Gasteiger partial charge in [0.25, 0.3) is 0 Å². The van der Waals surface area contributed by atoms with E-state index in [1.165, 1.54) is 24.6 Å². The number of nitrogens with zero attached hydrogens (tertiary/aromatic N) is 4. The highest BCUT2D eigenvalue weighted by molar-refractivity contribution is 7.99. The molecule has 130 valence electrons. The molecule has 1 amide bonds. The number of rotatable bonds is 5. The van der Waals surface area contributed by atoms with E-state index in [-0.39, 0.29) is 5.91 Å². The van der Waals surface area contributed by atoms with Gasteiger partial charge in [0.1, 0.15) is 0 Å². The number of carbonyl (C=O) groups excluding carboxylic acids is 1. The van der Waals surface area contributed by atoms with Crippen molar-refractivity contribution >= 4 is 29.0 Å². The van der Waals surface area contributed by atoms with Crippen LogP contribution in [0.2, 0.25) is 0 Å². The summed E-state index contributed by atoms with van der Waals surface area (Å²) in [6.07, 6.45) is 4.70. The summed E-state index contributed by atoms with van der Waals surface area (Å²) in [5.41, 5.74) is 0. The molecule has 24 heavy (non-hydrogen) atoms. The van der Waals surface area contributed by atoms with Crippen LogP contribution in [-0.4, -0.2) is 44.4 Å². The molecule has 0 atom stereocenters. The lowest BCUT2D eigenvalue weighted by molar-refractivity contribution is -0.129. The van der Waals surface area contributed by atoms with Crippen molar-refractivity contribution in [2.24, 2.45) is 13.0 Å². The van der Waals surface area contributed by atoms with Gasteiger partial charge in [-0.2, -0.15) is 0 Å². The van der Waals surface area contributed by atoms with Gasteiger partial charge in [-0.25, -0.2) is 0 Å². The Bertz CT molecular complexity index is 675. The van der Waals surface area contributed by atoms with Crippen molar-refractivity contribution in [3.63, 3.8) is 0 Å². The topological polar surface area (TPSA) is 51.0 Å². The molecule has 1 saturated carbocycles. The van der Waals surface area contributed by atoms with Gasteiger partial charge in [0, 0.05) is 20.1 Å². The first-order chi connectivity index (χ1) is 11.6. The van der Waals surface area contributed by atoms with Crippen LogP contribution in [0.25, 0.3) is 10.7 Å². The molecule has 1 aliphatic rings. The molecule has 0 aliphatic heterocycles. The Morgan fingerprint density at radius 1 is 1.38 bits per heavy atom. The van der Waals surface area contributed by atoms with E-state index in [2.05, 4.69) is 17.1 Å². The summed E-state index contributed by atoms with van der Waals surface area (Å²) >= 11 is 3.11. The second-order valence-corrected chi connectivity index (χ2v) is 8.44. The van der Waals surface area contributed by atoms with Gasteiger partial charge < -0.3 is 9.47 Å². The number of carbonyl (C=O) groups is 1. The Morgan fingerprint density at radius 2 is 2.12 bits per heavy atom. The largest absolute Gasteiger partial charge is 0.342 e. The Hall–Kier alpha value is -1.34. The molecule has 0 N–H and O–H groups in total. The maximum absolute atomic E-state index is 12.5. The lowest BCUT2D eigenvalue weighted by Gasteiger charge is -2.33.